The van der Waals surface area contributed by atoms with Crippen molar-refractivity contribution in [1.29, 1.82) is 0 Å². The first-order valence-corrected chi connectivity index (χ1v) is 15.8. The fraction of sp³-hybridized carbons (Fsp3) is 0.545. The molecule has 4 amide bonds. The van der Waals surface area contributed by atoms with Crippen LogP contribution in [0.2, 0.25) is 0 Å². The van der Waals surface area contributed by atoms with Gasteiger partial charge in [-0.15, -0.1) is 0 Å². The van der Waals surface area contributed by atoms with E-state index in [-0.39, 0.29) is 48.6 Å². The van der Waals surface area contributed by atoms with E-state index in [4.69, 9.17) is 4.74 Å². The molecule has 3 N–H and O–H groups in total. The summed E-state index contributed by atoms with van der Waals surface area (Å²) in [6.45, 7) is 4.31. The van der Waals surface area contributed by atoms with Gasteiger partial charge in [-0.05, 0) is 49.1 Å². The van der Waals surface area contributed by atoms with E-state index >= 15 is 4.39 Å². The Morgan fingerprint density at radius 1 is 0.978 bits per heavy atom. The molecule has 1 aliphatic heterocycles. The number of hydrogen-bond acceptors (Lipinski definition) is 7. The van der Waals surface area contributed by atoms with Gasteiger partial charge in [0.2, 0.25) is 29.5 Å². The largest absolute Gasteiger partial charge is 0.481 e. The van der Waals surface area contributed by atoms with Crippen molar-refractivity contribution in [1.82, 2.24) is 25.4 Å². The molecule has 2 aromatic rings. The molecule has 1 saturated heterocycles. The number of pyridine rings is 1. The number of carbonyl (C=O) groups is 4. The lowest BCUT2D eigenvalue weighted by atomic mass is 9.83. The van der Waals surface area contributed by atoms with Crippen LogP contribution in [0.3, 0.4) is 0 Å². The van der Waals surface area contributed by atoms with E-state index in [1.807, 2.05) is 7.05 Å². The minimum absolute atomic E-state index is 0.0160. The maximum Gasteiger partial charge on any atom is 0.247 e. The molecule has 12 heteroatoms. The van der Waals surface area contributed by atoms with Crippen molar-refractivity contribution in [3.63, 3.8) is 0 Å². The second-order valence-corrected chi connectivity index (χ2v) is 11.9. The van der Waals surface area contributed by atoms with Gasteiger partial charge in [0.15, 0.2) is 0 Å². The van der Waals surface area contributed by atoms with Gasteiger partial charge in [-0.3, -0.25) is 19.2 Å². The average Bonchev–Trinajstić information content (AvgIpc) is 3.05. The lowest BCUT2D eigenvalue weighted by molar-refractivity contribution is -0.137. The number of ether oxygens (including phenoxy) is 1. The average molecular weight is 625 g/mol. The minimum Gasteiger partial charge on any atom is -0.481 e. The molecule has 1 aromatic carbocycles. The van der Waals surface area contributed by atoms with E-state index in [2.05, 4.69) is 25.8 Å². The van der Waals surface area contributed by atoms with Crippen molar-refractivity contribution >= 4 is 29.3 Å². The molecule has 0 radical (unpaired) electrons. The summed E-state index contributed by atoms with van der Waals surface area (Å²) in [5.74, 6) is -1.55. The predicted molar refractivity (Wildman–Crippen MR) is 168 cm³/mol. The van der Waals surface area contributed by atoms with Crippen molar-refractivity contribution in [3.05, 3.63) is 53.5 Å². The summed E-state index contributed by atoms with van der Waals surface area (Å²) in [6.07, 6.45) is 6.50. The zero-order valence-electron chi connectivity index (χ0n) is 26.4. The van der Waals surface area contributed by atoms with Crippen LogP contribution in [0.25, 0.3) is 0 Å². The number of benzene rings is 1. The highest BCUT2D eigenvalue weighted by atomic mass is 19.1. The molecule has 2 heterocycles. The molecular weight excluding hydrogens is 579 g/mol. The number of amides is 4. The Balaban J connectivity index is 1.44. The summed E-state index contributed by atoms with van der Waals surface area (Å²) in [4.78, 5) is 60.1. The maximum absolute atomic E-state index is 15.4. The molecule has 1 aromatic heterocycles. The Morgan fingerprint density at radius 2 is 1.69 bits per heavy atom. The summed E-state index contributed by atoms with van der Waals surface area (Å²) in [7, 11) is 3.51. The molecule has 2 fully saturated rings. The zero-order valence-corrected chi connectivity index (χ0v) is 26.4. The highest BCUT2D eigenvalue weighted by molar-refractivity contribution is 5.97. The third kappa shape index (κ3) is 9.71. The lowest BCUT2D eigenvalue weighted by Gasteiger charge is -2.34. The number of rotatable bonds is 12. The number of aromatic nitrogens is 1. The number of anilines is 1. The van der Waals surface area contributed by atoms with Crippen LogP contribution < -0.4 is 20.7 Å². The van der Waals surface area contributed by atoms with Gasteiger partial charge in [0, 0.05) is 51.3 Å². The van der Waals surface area contributed by atoms with E-state index < -0.39 is 23.8 Å². The Bertz CT molecular complexity index is 1330. The fourth-order valence-corrected chi connectivity index (χ4v) is 5.89. The third-order valence-electron chi connectivity index (χ3n) is 8.59. The van der Waals surface area contributed by atoms with E-state index in [0.717, 1.165) is 45.2 Å². The first kappa shape index (κ1) is 33.8. The van der Waals surface area contributed by atoms with Gasteiger partial charge in [0.05, 0.1) is 19.2 Å². The molecule has 1 aliphatic carbocycles. The van der Waals surface area contributed by atoms with Crippen LogP contribution in [0.1, 0.15) is 56.6 Å². The highest BCUT2D eigenvalue weighted by Gasteiger charge is 2.32. The van der Waals surface area contributed by atoms with Crippen LogP contribution >= 0.6 is 0 Å². The first-order chi connectivity index (χ1) is 21.7. The number of halogens is 1. The second kappa shape index (κ2) is 16.3. The van der Waals surface area contributed by atoms with Crippen LogP contribution in [0.15, 0.2) is 36.5 Å². The summed E-state index contributed by atoms with van der Waals surface area (Å²) >= 11 is 0. The summed E-state index contributed by atoms with van der Waals surface area (Å²) in [6, 6.07) is 6.15. The molecule has 0 spiro atoms. The highest BCUT2D eigenvalue weighted by Crippen LogP contribution is 2.28. The van der Waals surface area contributed by atoms with Gasteiger partial charge in [0.1, 0.15) is 17.9 Å². The van der Waals surface area contributed by atoms with Crippen LogP contribution in [0.5, 0.6) is 5.88 Å². The van der Waals surface area contributed by atoms with Crippen LogP contribution in [-0.2, 0) is 32.0 Å². The summed E-state index contributed by atoms with van der Waals surface area (Å²) < 4.78 is 20.5. The number of likely N-dealkylation sites (N-methyl/N-ethyl adjacent to an activating group) is 1. The van der Waals surface area contributed by atoms with Crippen molar-refractivity contribution in [2.24, 2.45) is 5.92 Å². The third-order valence-corrected chi connectivity index (χ3v) is 8.59. The van der Waals surface area contributed by atoms with Gasteiger partial charge in [0.25, 0.3) is 0 Å². The van der Waals surface area contributed by atoms with E-state index in [1.165, 1.54) is 19.2 Å². The van der Waals surface area contributed by atoms with Gasteiger partial charge < -0.3 is 30.5 Å². The van der Waals surface area contributed by atoms with Crippen molar-refractivity contribution in [2.45, 2.75) is 70.4 Å². The van der Waals surface area contributed by atoms with E-state index in [0.29, 0.717) is 30.1 Å². The van der Waals surface area contributed by atoms with Crippen molar-refractivity contribution < 1.29 is 28.3 Å². The standard InChI is InChI=1S/C33H45FN6O5/c1-4-28(41)36-27(33(44)40-16-14-39(2)15-17-40)19-22-10-12-26(25(34)18-22)37-32(43)31(24-8-6-5-7-9-24)38-29(42)20-23-11-13-30(45-3)35-21-23/h10-13,18,21,24,27,31H,4-9,14-17,19-20H2,1-3H3,(H,36,41)(H,37,43)(H,38,42)/t27-,31+/m1/s1. The minimum atomic E-state index is -0.826. The van der Waals surface area contributed by atoms with Crippen LogP contribution in [0.4, 0.5) is 10.1 Å². The monoisotopic (exact) mass is 624 g/mol. The van der Waals surface area contributed by atoms with Gasteiger partial charge >= 0.3 is 0 Å². The van der Waals surface area contributed by atoms with Crippen molar-refractivity contribution in [3.8, 4) is 5.88 Å². The fourth-order valence-electron chi connectivity index (χ4n) is 5.89. The topological polar surface area (TPSA) is 133 Å². The molecule has 4 rings (SSSR count). The second-order valence-electron chi connectivity index (χ2n) is 11.9. The number of methoxy groups -OCH3 is 1. The number of carbonyl (C=O) groups excluding carboxylic acids is 4. The molecule has 244 valence electrons. The molecule has 45 heavy (non-hydrogen) atoms. The first-order valence-electron chi connectivity index (χ1n) is 15.8. The number of nitrogens with one attached hydrogen (secondary N) is 3. The normalized spacial score (nSPS) is 17.2. The molecule has 2 aliphatic rings. The molecule has 1 saturated carbocycles. The molecular formula is C33H45FN6O5. The number of piperazine rings is 1. The SMILES string of the molecule is CCC(=O)N[C@H](Cc1ccc(NC(=O)[C@@H](NC(=O)Cc2ccc(OC)nc2)C2CCCCC2)c(F)c1)C(=O)N1CCN(C)CC1. The summed E-state index contributed by atoms with van der Waals surface area (Å²) in [5.41, 5.74) is 1.18. The Morgan fingerprint density at radius 3 is 2.31 bits per heavy atom. The van der Waals surface area contributed by atoms with Gasteiger partial charge in [-0.25, -0.2) is 9.37 Å². The number of hydrogen-bond donors (Lipinski definition) is 3. The van der Waals surface area contributed by atoms with Gasteiger partial charge in [-0.1, -0.05) is 38.3 Å². The Labute approximate surface area is 264 Å². The Hall–Kier alpha value is -4.06. The van der Waals surface area contributed by atoms with Crippen LogP contribution in [0, 0.1) is 11.7 Å². The molecule has 0 bridgehead atoms. The summed E-state index contributed by atoms with van der Waals surface area (Å²) in [5, 5.41) is 8.37. The van der Waals surface area contributed by atoms with Gasteiger partial charge in [-0.2, -0.15) is 0 Å². The zero-order chi connectivity index (χ0) is 32.3. The van der Waals surface area contributed by atoms with Crippen molar-refractivity contribution in [2.75, 3.05) is 45.7 Å². The molecule has 2 atom stereocenters. The smallest absolute Gasteiger partial charge is 0.247 e. The maximum atomic E-state index is 15.4. The Kier molecular flexibility index (Phi) is 12.3. The lowest BCUT2D eigenvalue weighted by Crippen LogP contribution is -2.54. The number of nitrogens with zero attached hydrogens (tertiary/aromatic N) is 3. The quantitative estimate of drug-likeness (QED) is 0.331. The predicted octanol–water partition coefficient (Wildman–Crippen LogP) is 2.69. The van der Waals surface area contributed by atoms with E-state index in [1.54, 1.807) is 36.2 Å². The van der Waals surface area contributed by atoms with E-state index in [9.17, 15) is 19.2 Å². The van der Waals surface area contributed by atoms with Crippen LogP contribution in [-0.4, -0.2) is 90.8 Å². The molecule has 0 unspecified atom stereocenters. The molecule has 11 nitrogen and oxygen atoms in total.